The molecule has 1 aromatic carbocycles. The van der Waals surface area contributed by atoms with Gasteiger partial charge in [0.05, 0.1) is 6.10 Å². The second-order valence-corrected chi connectivity index (χ2v) is 6.74. The number of nitrogens with zero attached hydrogens (tertiary/aromatic N) is 1. The van der Waals surface area contributed by atoms with E-state index < -0.39 is 29.3 Å². The highest BCUT2D eigenvalue weighted by Crippen LogP contribution is 2.35. The number of halogens is 1. The van der Waals surface area contributed by atoms with E-state index in [9.17, 15) is 29.0 Å². The molecule has 1 saturated heterocycles. The summed E-state index contributed by atoms with van der Waals surface area (Å²) in [6, 6.07) is 5.50. The minimum atomic E-state index is -1.63. The first-order chi connectivity index (χ1) is 13.7. The van der Waals surface area contributed by atoms with Crippen molar-refractivity contribution in [2.45, 2.75) is 38.2 Å². The molecule has 0 aromatic heterocycles. The second kappa shape index (κ2) is 11.1. The molecule has 1 aliphatic rings. The van der Waals surface area contributed by atoms with E-state index in [-0.39, 0.29) is 57.6 Å². The lowest BCUT2D eigenvalue weighted by molar-refractivity contribution is -0.165. The predicted molar refractivity (Wildman–Crippen MR) is 97.6 cm³/mol. The number of carbonyl (C=O) groups excluding carboxylic acids is 1. The van der Waals surface area contributed by atoms with E-state index >= 15 is 0 Å². The van der Waals surface area contributed by atoms with Crippen LogP contribution < -0.4 is 0 Å². The number of aliphatic hydroxyl groups excluding tert-OH is 1. The smallest absolute Gasteiger partial charge is 0.314 e. The molecule has 1 amide bonds. The van der Waals surface area contributed by atoms with Gasteiger partial charge in [-0.3, -0.25) is 19.2 Å². The number of benzene rings is 1. The zero-order valence-electron chi connectivity index (χ0n) is 15.7. The summed E-state index contributed by atoms with van der Waals surface area (Å²) in [6.07, 6.45) is -1.18. The van der Waals surface area contributed by atoms with Crippen molar-refractivity contribution in [3.8, 4) is 0 Å². The van der Waals surface area contributed by atoms with Gasteiger partial charge in [-0.2, -0.15) is 0 Å². The largest absolute Gasteiger partial charge is 0.483 e. The van der Waals surface area contributed by atoms with Crippen molar-refractivity contribution in [2.24, 2.45) is 5.41 Å². The van der Waals surface area contributed by atoms with Crippen molar-refractivity contribution < 1.29 is 44.0 Å². The fourth-order valence-corrected chi connectivity index (χ4v) is 3.31. The van der Waals surface area contributed by atoms with Crippen LogP contribution in [0.25, 0.3) is 0 Å². The standard InChI is InChI=1S/C18H22FNO6.CH2O2/c19-13-4-1-3-12(9-13)10-18(17(25)26)11-20(8-7-14(18)21)15(22)5-2-6-16(23)24;2-1-3/h1,3-4,9,14,21H,2,5-8,10-11H2,(H,23,24)(H,25,26);1H,(H,2,3)/t14-,18+;/m0./s1. The SMILES string of the molecule is O=C(O)CCCC(=O)N1CC[C@H](O)[C@](Cc2cccc(F)c2)(C(=O)O)C1.O=CO. The molecule has 0 radical (unpaired) electrons. The Morgan fingerprint density at radius 3 is 2.45 bits per heavy atom. The average molecular weight is 413 g/mol. The van der Waals surface area contributed by atoms with E-state index in [1.807, 2.05) is 0 Å². The third-order valence-electron chi connectivity index (χ3n) is 4.75. The molecule has 1 aromatic rings. The zero-order valence-corrected chi connectivity index (χ0v) is 15.7. The second-order valence-electron chi connectivity index (χ2n) is 6.74. The van der Waals surface area contributed by atoms with Crippen LogP contribution in [0.3, 0.4) is 0 Å². The highest BCUT2D eigenvalue weighted by atomic mass is 19.1. The monoisotopic (exact) mass is 413 g/mol. The minimum Gasteiger partial charge on any atom is -0.483 e. The van der Waals surface area contributed by atoms with E-state index in [2.05, 4.69) is 0 Å². The Morgan fingerprint density at radius 1 is 1.24 bits per heavy atom. The lowest BCUT2D eigenvalue weighted by Crippen LogP contribution is -2.58. The maximum Gasteiger partial charge on any atom is 0.314 e. The Balaban J connectivity index is 0.00000132. The molecule has 0 saturated carbocycles. The number of aliphatic hydroxyl groups is 1. The van der Waals surface area contributed by atoms with Crippen LogP contribution in [-0.4, -0.2) is 68.8 Å². The fourth-order valence-electron chi connectivity index (χ4n) is 3.31. The Bertz CT molecular complexity index is 741. The van der Waals surface area contributed by atoms with Crippen molar-refractivity contribution in [1.82, 2.24) is 4.90 Å². The Morgan fingerprint density at radius 2 is 1.90 bits per heavy atom. The molecule has 0 unspecified atom stereocenters. The molecule has 160 valence electrons. The van der Waals surface area contributed by atoms with Crippen molar-refractivity contribution in [1.29, 1.82) is 0 Å². The van der Waals surface area contributed by atoms with Crippen LogP contribution in [0.5, 0.6) is 0 Å². The zero-order chi connectivity index (χ0) is 22.0. The first-order valence-corrected chi connectivity index (χ1v) is 8.89. The third-order valence-corrected chi connectivity index (χ3v) is 4.75. The molecule has 0 bridgehead atoms. The van der Waals surface area contributed by atoms with Gasteiger partial charge in [0.25, 0.3) is 6.47 Å². The average Bonchev–Trinajstić information content (AvgIpc) is 2.63. The Kier molecular flexibility index (Phi) is 9.20. The van der Waals surface area contributed by atoms with Gasteiger partial charge in [0.15, 0.2) is 0 Å². The maximum absolute atomic E-state index is 13.4. The molecule has 2 atom stereocenters. The number of aliphatic carboxylic acids is 2. The van der Waals surface area contributed by atoms with E-state index in [1.165, 1.54) is 23.1 Å². The van der Waals surface area contributed by atoms with Crippen LogP contribution in [0, 0.1) is 11.2 Å². The lowest BCUT2D eigenvalue weighted by atomic mass is 9.72. The van der Waals surface area contributed by atoms with Gasteiger partial charge < -0.3 is 25.3 Å². The number of amides is 1. The van der Waals surface area contributed by atoms with E-state index in [1.54, 1.807) is 6.07 Å². The van der Waals surface area contributed by atoms with Crippen molar-refractivity contribution in [3.63, 3.8) is 0 Å². The number of hydrogen-bond donors (Lipinski definition) is 4. The Hall–Kier alpha value is -3.01. The summed E-state index contributed by atoms with van der Waals surface area (Å²) >= 11 is 0. The van der Waals surface area contributed by atoms with Crippen LogP contribution in [0.1, 0.15) is 31.2 Å². The molecule has 1 aliphatic heterocycles. The van der Waals surface area contributed by atoms with Gasteiger partial charge in [0.1, 0.15) is 11.2 Å². The topological polar surface area (TPSA) is 152 Å². The van der Waals surface area contributed by atoms with Crippen molar-refractivity contribution >= 4 is 24.3 Å². The van der Waals surface area contributed by atoms with Crippen molar-refractivity contribution in [2.75, 3.05) is 13.1 Å². The summed E-state index contributed by atoms with van der Waals surface area (Å²) in [4.78, 5) is 44.5. The highest BCUT2D eigenvalue weighted by molar-refractivity contribution is 5.81. The van der Waals surface area contributed by atoms with E-state index in [0.717, 1.165) is 0 Å². The normalized spacial score (nSPS) is 20.9. The fraction of sp³-hybridized carbons (Fsp3) is 0.474. The molecular weight excluding hydrogens is 389 g/mol. The number of carboxylic acid groups (broad SMARTS) is 3. The summed E-state index contributed by atoms with van der Waals surface area (Å²) < 4.78 is 13.4. The van der Waals surface area contributed by atoms with Gasteiger partial charge in [0, 0.05) is 25.9 Å². The van der Waals surface area contributed by atoms with Crippen LogP contribution in [-0.2, 0) is 25.6 Å². The van der Waals surface area contributed by atoms with Gasteiger partial charge in [-0.1, -0.05) is 12.1 Å². The predicted octanol–water partition coefficient (Wildman–Crippen LogP) is 0.988. The van der Waals surface area contributed by atoms with Crippen LogP contribution >= 0.6 is 0 Å². The molecule has 1 heterocycles. The van der Waals surface area contributed by atoms with Gasteiger partial charge in [-0.05, 0) is 37.0 Å². The molecular formula is C19H24FNO8. The third kappa shape index (κ3) is 6.83. The van der Waals surface area contributed by atoms with Crippen LogP contribution in [0.2, 0.25) is 0 Å². The molecule has 10 heteroatoms. The molecule has 2 rings (SSSR count). The highest BCUT2D eigenvalue weighted by Gasteiger charge is 2.50. The molecule has 29 heavy (non-hydrogen) atoms. The summed E-state index contributed by atoms with van der Waals surface area (Å²) in [5.41, 5.74) is -1.21. The quantitative estimate of drug-likeness (QED) is 0.483. The Labute approximate surface area is 166 Å². The lowest BCUT2D eigenvalue weighted by Gasteiger charge is -2.43. The van der Waals surface area contributed by atoms with E-state index in [4.69, 9.17) is 15.0 Å². The first kappa shape index (κ1) is 24.0. The van der Waals surface area contributed by atoms with Gasteiger partial charge in [0.2, 0.25) is 5.91 Å². The molecule has 4 N–H and O–H groups in total. The molecule has 1 fully saturated rings. The number of hydrogen-bond acceptors (Lipinski definition) is 5. The van der Waals surface area contributed by atoms with Crippen LogP contribution in [0.4, 0.5) is 4.39 Å². The van der Waals surface area contributed by atoms with Gasteiger partial charge in [-0.15, -0.1) is 0 Å². The van der Waals surface area contributed by atoms with E-state index in [0.29, 0.717) is 5.56 Å². The van der Waals surface area contributed by atoms with Crippen LogP contribution in [0.15, 0.2) is 24.3 Å². The van der Waals surface area contributed by atoms with Gasteiger partial charge >= 0.3 is 11.9 Å². The minimum absolute atomic E-state index is 0.00193. The molecule has 0 aliphatic carbocycles. The molecule has 0 spiro atoms. The number of rotatable bonds is 7. The summed E-state index contributed by atoms with van der Waals surface area (Å²) in [7, 11) is 0. The number of piperidine rings is 1. The number of likely N-dealkylation sites (tertiary alicyclic amines) is 1. The summed E-state index contributed by atoms with van der Waals surface area (Å²) in [6.45, 7) is -0.253. The summed E-state index contributed by atoms with van der Waals surface area (Å²) in [5, 5.41) is 35.7. The maximum atomic E-state index is 13.4. The first-order valence-electron chi connectivity index (χ1n) is 8.89. The number of carboxylic acids is 2. The van der Waals surface area contributed by atoms with Crippen molar-refractivity contribution in [3.05, 3.63) is 35.6 Å². The number of carbonyl (C=O) groups is 4. The molecule has 9 nitrogen and oxygen atoms in total. The van der Waals surface area contributed by atoms with Gasteiger partial charge in [-0.25, -0.2) is 4.39 Å². The summed E-state index contributed by atoms with van der Waals surface area (Å²) in [5.74, 6) is -3.10.